The SMILES string of the molecule is CC(C)C[C@H]1CC(=O)Oc2ccc3c(c21)OC1(CCCCC1)CC3=O. The van der Waals surface area contributed by atoms with Gasteiger partial charge in [-0.1, -0.05) is 20.3 Å². The van der Waals surface area contributed by atoms with Gasteiger partial charge in [0.25, 0.3) is 0 Å². The van der Waals surface area contributed by atoms with Crippen LogP contribution in [0.15, 0.2) is 12.1 Å². The van der Waals surface area contributed by atoms with E-state index < -0.39 is 0 Å². The summed E-state index contributed by atoms with van der Waals surface area (Å²) in [5.74, 6) is 1.80. The molecule has 0 aromatic heterocycles. The summed E-state index contributed by atoms with van der Waals surface area (Å²) in [5, 5.41) is 0. The average Bonchev–Trinajstić information content (AvgIpc) is 2.54. The van der Waals surface area contributed by atoms with E-state index >= 15 is 0 Å². The number of fused-ring (bicyclic) bond motifs is 3. The molecule has 1 spiro atoms. The molecule has 4 rings (SSSR count). The fourth-order valence-corrected chi connectivity index (χ4v) is 4.74. The number of hydrogen-bond donors (Lipinski definition) is 0. The summed E-state index contributed by atoms with van der Waals surface area (Å²) in [5.41, 5.74) is 1.27. The van der Waals surface area contributed by atoms with Crippen LogP contribution < -0.4 is 9.47 Å². The predicted octanol–water partition coefficient (Wildman–Crippen LogP) is 4.79. The van der Waals surface area contributed by atoms with Crippen molar-refractivity contribution in [1.29, 1.82) is 0 Å². The zero-order valence-electron chi connectivity index (χ0n) is 15.1. The number of benzene rings is 1. The van der Waals surface area contributed by atoms with Crippen LogP contribution in [0.1, 0.15) is 87.1 Å². The highest BCUT2D eigenvalue weighted by molar-refractivity contribution is 6.01. The second-order valence-corrected chi connectivity index (χ2v) is 8.30. The van der Waals surface area contributed by atoms with E-state index in [4.69, 9.17) is 9.47 Å². The second kappa shape index (κ2) is 6.15. The van der Waals surface area contributed by atoms with E-state index in [9.17, 15) is 9.59 Å². The number of ether oxygens (including phenoxy) is 2. The van der Waals surface area contributed by atoms with Crippen LogP contribution >= 0.6 is 0 Å². The van der Waals surface area contributed by atoms with Gasteiger partial charge in [0.05, 0.1) is 18.4 Å². The van der Waals surface area contributed by atoms with Gasteiger partial charge in [-0.25, -0.2) is 0 Å². The van der Waals surface area contributed by atoms with Crippen molar-refractivity contribution in [2.45, 2.75) is 76.7 Å². The highest BCUT2D eigenvalue weighted by atomic mass is 16.5. The van der Waals surface area contributed by atoms with E-state index in [0.29, 0.717) is 35.8 Å². The summed E-state index contributed by atoms with van der Waals surface area (Å²) < 4.78 is 12.1. The predicted molar refractivity (Wildman–Crippen MR) is 94.3 cm³/mol. The van der Waals surface area contributed by atoms with Crippen LogP contribution in [0, 0.1) is 5.92 Å². The first-order valence-electron chi connectivity index (χ1n) is 9.57. The molecule has 1 saturated carbocycles. The van der Waals surface area contributed by atoms with Gasteiger partial charge in [-0.2, -0.15) is 0 Å². The first-order valence-corrected chi connectivity index (χ1v) is 9.57. The second-order valence-electron chi connectivity index (χ2n) is 8.30. The Morgan fingerprint density at radius 3 is 2.64 bits per heavy atom. The molecule has 2 aliphatic heterocycles. The molecule has 1 atom stereocenters. The van der Waals surface area contributed by atoms with Gasteiger partial charge < -0.3 is 9.47 Å². The maximum absolute atomic E-state index is 12.9. The molecule has 1 aromatic carbocycles. The summed E-state index contributed by atoms with van der Waals surface area (Å²) in [7, 11) is 0. The Balaban J connectivity index is 1.80. The van der Waals surface area contributed by atoms with Gasteiger partial charge in [0.2, 0.25) is 0 Å². The molecule has 1 aliphatic carbocycles. The molecule has 2 heterocycles. The molecule has 0 unspecified atom stereocenters. The zero-order valence-corrected chi connectivity index (χ0v) is 15.1. The molecule has 134 valence electrons. The van der Waals surface area contributed by atoms with E-state index in [0.717, 1.165) is 37.7 Å². The summed E-state index contributed by atoms with van der Waals surface area (Å²) in [6.45, 7) is 4.31. The molecular weight excluding hydrogens is 316 g/mol. The maximum Gasteiger partial charge on any atom is 0.311 e. The van der Waals surface area contributed by atoms with Crippen LogP contribution in [-0.4, -0.2) is 17.4 Å². The van der Waals surface area contributed by atoms with Crippen LogP contribution in [0.5, 0.6) is 11.5 Å². The van der Waals surface area contributed by atoms with Crippen molar-refractivity contribution in [3.05, 3.63) is 23.3 Å². The summed E-state index contributed by atoms with van der Waals surface area (Å²) >= 11 is 0. The third-order valence-electron chi connectivity index (χ3n) is 5.82. The van der Waals surface area contributed by atoms with Crippen LogP contribution in [-0.2, 0) is 4.79 Å². The smallest absolute Gasteiger partial charge is 0.311 e. The first kappa shape index (κ1) is 16.6. The normalized spacial score (nSPS) is 24.5. The fourth-order valence-electron chi connectivity index (χ4n) is 4.74. The third-order valence-corrected chi connectivity index (χ3v) is 5.82. The summed E-state index contributed by atoms with van der Waals surface area (Å²) in [6, 6.07) is 3.55. The fraction of sp³-hybridized carbons (Fsp3) is 0.619. The third kappa shape index (κ3) is 2.96. The van der Waals surface area contributed by atoms with Gasteiger partial charge >= 0.3 is 5.97 Å². The van der Waals surface area contributed by atoms with E-state index in [1.807, 2.05) is 0 Å². The lowest BCUT2D eigenvalue weighted by molar-refractivity contribution is -0.136. The largest absolute Gasteiger partial charge is 0.486 e. The number of ketones is 1. The molecule has 4 heteroatoms. The molecule has 0 amide bonds. The minimum absolute atomic E-state index is 0.0674. The monoisotopic (exact) mass is 342 g/mol. The van der Waals surface area contributed by atoms with Crippen molar-refractivity contribution in [2.75, 3.05) is 0 Å². The first-order chi connectivity index (χ1) is 12.0. The minimum atomic E-state index is -0.346. The molecule has 0 N–H and O–H groups in total. The Labute approximate surface area is 148 Å². The van der Waals surface area contributed by atoms with Crippen molar-refractivity contribution < 1.29 is 19.1 Å². The Morgan fingerprint density at radius 1 is 1.16 bits per heavy atom. The summed E-state index contributed by atoms with van der Waals surface area (Å²) in [6.07, 6.45) is 7.06. The number of carbonyl (C=O) groups is 2. The molecule has 0 radical (unpaired) electrons. The van der Waals surface area contributed by atoms with Crippen LogP contribution in [0.25, 0.3) is 0 Å². The molecular formula is C21H26O4. The van der Waals surface area contributed by atoms with Crippen molar-refractivity contribution >= 4 is 11.8 Å². The van der Waals surface area contributed by atoms with Gasteiger partial charge in [-0.15, -0.1) is 0 Å². The Morgan fingerprint density at radius 2 is 1.92 bits per heavy atom. The van der Waals surface area contributed by atoms with Gasteiger partial charge in [-0.3, -0.25) is 9.59 Å². The standard InChI is InChI=1S/C21H26O4/c1-13(2)10-14-11-18(23)24-17-7-6-15-16(22)12-21(8-4-3-5-9-21)25-20(15)19(14)17/h6-7,13-14H,3-5,8-12H2,1-2H3/t14-/m0/s1. The van der Waals surface area contributed by atoms with Crippen molar-refractivity contribution in [3.8, 4) is 11.5 Å². The lowest BCUT2D eigenvalue weighted by Crippen LogP contribution is -2.44. The zero-order chi connectivity index (χ0) is 17.6. The molecule has 3 aliphatic rings. The van der Waals surface area contributed by atoms with Crippen molar-refractivity contribution in [2.24, 2.45) is 5.92 Å². The Bertz CT molecular complexity index is 713. The molecule has 4 nitrogen and oxygen atoms in total. The summed E-state index contributed by atoms with van der Waals surface area (Å²) in [4.78, 5) is 24.9. The van der Waals surface area contributed by atoms with Crippen LogP contribution in [0.2, 0.25) is 0 Å². The average molecular weight is 342 g/mol. The van der Waals surface area contributed by atoms with Gasteiger partial charge in [0.15, 0.2) is 5.78 Å². The minimum Gasteiger partial charge on any atom is -0.486 e. The number of Topliss-reactive ketones (excluding diaryl/α,β-unsaturated/α-hetero) is 1. The number of rotatable bonds is 2. The lowest BCUT2D eigenvalue weighted by atomic mass is 9.76. The number of hydrogen-bond acceptors (Lipinski definition) is 4. The van der Waals surface area contributed by atoms with Crippen molar-refractivity contribution in [3.63, 3.8) is 0 Å². The van der Waals surface area contributed by atoms with E-state index in [1.54, 1.807) is 12.1 Å². The molecule has 0 bridgehead atoms. The highest BCUT2D eigenvalue weighted by Crippen LogP contribution is 2.50. The van der Waals surface area contributed by atoms with E-state index in [-0.39, 0.29) is 23.3 Å². The molecule has 0 saturated heterocycles. The molecule has 1 fully saturated rings. The van der Waals surface area contributed by atoms with Crippen molar-refractivity contribution in [1.82, 2.24) is 0 Å². The van der Waals surface area contributed by atoms with Gasteiger partial charge in [0, 0.05) is 11.5 Å². The van der Waals surface area contributed by atoms with E-state index in [1.165, 1.54) is 6.42 Å². The van der Waals surface area contributed by atoms with Crippen LogP contribution in [0.4, 0.5) is 0 Å². The topological polar surface area (TPSA) is 52.6 Å². The van der Waals surface area contributed by atoms with Gasteiger partial charge in [0.1, 0.15) is 17.1 Å². The van der Waals surface area contributed by atoms with Gasteiger partial charge in [-0.05, 0) is 50.2 Å². The molecule has 1 aromatic rings. The maximum atomic E-state index is 12.9. The number of carbonyl (C=O) groups excluding carboxylic acids is 2. The number of esters is 1. The highest BCUT2D eigenvalue weighted by Gasteiger charge is 2.44. The Hall–Kier alpha value is -1.84. The quantitative estimate of drug-likeness (QED) is 0.572. The Kier molecular flexibility index (Phi) is 4.09. The lowest BCUT2D eigenvalue weighted by Gasteiger charge is -2.42. The molecule has 25 heavy (non-hydrogen) atoms. The van der Waals surface area contributed by atoms with E-state index in [2.05, 4.69) is 13.8 Å². The van der Waals surface area contributed by atoms with Crippen LogP contribution in [0.3, 0.4) is 0 Å².